The summed E-state index contributed by atoms with van der Waals surface area (Å²) >= 11 is 0. The molecule has 106 valence electrons. The second-order valence-corrected chi connectivity index (χ2v) is 4.97. The Morgan fingerprint density at radius 2 is 1.68 bits per heavy atom. The molecule has 1 rings (SSSR count). The molecule has 2 nitrogen and oxygen atoms in total. The van der Waals surface area contributed by atoms with E-state index < -0.39 is 0 Å². The van der Waals surface area contributed by atoms with Crippen LogP contribution in [0.2, 0.25) is 0 Å². The number of unbranched alkanes of at least 4 members (excludes halogenated alkanes) is 5. The van der Waals surface area contributed by atoms with E-state index in [9.17, 15) is 4.79 Å². The molecule has 0 aliphatic carbocycles. The molecular formula is C17H26O2. The van der Waals surface area contributed by atoms with Gasteiger partial charge in [-0.15, -0.1) is 0 Å². The summed E-state index contributed by atoms with van der Waals surface area (Å²) < 4.78 is 5.23. The van der Waals surface area contributed by atoms with Gasteiger partial charge in [0.25, 0.3) is 0 Å². The molecule has 0 heterocycles. The second kappa shape index (κ2) is 10.6. The lowest BCUT2D eigenvalue weighted by Crippen LogP contribution is -2.07. The van der Waals surface area contributed by atoms with Gasteiger partial charge in [-0.2, -0.15) is 0 Å². The van der Waals surface area contributed by atoms with Crippen molar-refractivity contribution in [2.24, 2.45) is 0 Å². The van der Waals surface area contributed by atoms with Gasteiger partial charge in [0.15, 0.2) is 0 Å². The average molecular weight is 262 g/mol. The number of ether oxygens (including phenoxy) is 1. The van der Waals surface area contributed by atoms with Gasteiger partial charge in [-0.3, -0.25) is 4.79 Å². The third-order valence-corrected chi connectivity index (χ3v) is 3.23. The summed E-state index contributed by atoms with van der Waals surface area (Å²) in [6, 6.07) is 10.1. The van der Waals surface area contributed by atoms with Crippen molar-refractivity contribution in [3.63, 3.8) is 0 Å². The maximum absolute atomic E-state index is 11.5. The Morgan fingerprint density at radius 3 is 2.42 bits per heavy atom. The van der Waals surface area contributed by atoms with Crippen LogP contribution in [0.3, 0.4) is 0 Å². The van der Waals surface area contributed by atoms with Crippen molar-refractivity contribution < 1.29 is 9.53 Å². The molecule has 0 saturated carbocycles. The van der Waals surface area contributed by atoms with Crippen molar-refractivity contribution in [1.29, 1.82) is 0 Å². The fraction of sp³-hybridized carbons (Fsp3) is 0.588. The van der Waals surface area contributed by atoms with Crippen LogP contribution in [-0.2, 0) is 16.0 Å². The highest BCUT2D eigenvalue weighted by Gasteiger charge is 2.02. The molecular weight excluding hydrogens is 236 g/mol. The molecule has 0 atom stereocenters. The number of hydrogen-bond donors (Lipinski definition) is 0. The van der Waals surface area contributed by atoms with Gasteiger partial charge in [-0.05, 0) is 12.0 Å². The number of rotatable bonds is 10. The minimum absolute atomic E-state index is 0.0496. The van der Waals surface area contributed by atoms with Gasteiger partial charge < -0.3 is 4.74 Å². The van der Waals surface area contributed by atoms with E-state index in [2.05, 4.69) is 19.1 Å². The van der Waals surface area contributed by atoms with E-state index in [1.165, 1.54) is 31.2 Å². The molecule has 0 bridgehead atoms. The Morgan fingerprint density at radius 1 is 1.00 bits per heavy atom. The van der Waals surface area contributed by atoms with Crippen molar-refractivity contribution in [1.82, 2.24) is 0 Å². The number of esters is 1. The first-order valence-corrected chi connectivity index (χ1v) is 7.52. The molecule has 0 radical (unpaired) electrons. The summed E-state index contributed by atoms with van der Waals surface area (Å²) in [5.41, 5.74) is 1.22. The second-order valence-electron chi connectivity index (χ2n) is 4.97. The Labute approximate surface area is 117 Å². The van der Waals surface area contributed by atoms with Crippen LogP contribution in [0.5, 0.6) is 0 Å². The van der Waals surface area contributed by atoms with Crippen LogP contribution in [0.25, 0.3) is 0 Å². The van der Waals surface area contributed by atoms with Gasteiger partial charge in [0.05, 0.1) is 6.61 Å². The topological polar surface area (TPSA) is 26.3 Å². The lowest BCUT2D eigenvalue weighted by molar-refractivity contribution is -0.143. The molecule has 19 heavy (non-hydrogen) atoms. The van der Waals surface area contributed by atoms with Gasteiger partial charge in [0.1, 0.15) is 0 Å². The molecule has 0 N–H and O–H groups in total. The van der Waals surface area contributed by atoms with Crippen LogP contribution in [0, 0.1) is 0 Å². The van der Waals surface area contributed by atoms with Gasteiger partial charge in [0.2, 0.25) is 0 Å². The zero-order chi connectivity index (χ0) is 13.8. The molecule has 2 heteroatoms. The minimum atomic E-state index is -0.0496. The third kappa shape index (κ3) is 8.41. The van der Waals surface area contributed by atoms with Crippen LogP contribution in [-0.4, -0.2) is 12.6 Å². The molecule has 0 aliphatic rings. The molecule has 0 fully saturated rings. The van der Waals surface area contributed by atoms with Crippen LogP contribution in [0.4, 0.5) is 0 Å². The van der Waals surface area contributed by atoms with Crippen LogP contribution in [0.15, 0.2) is 30.3 Å². The van der Waals surface area contributed by atoms with Crippen LogP contribution < -0.4 is 0 Å². The lowest BCUT2D eigenvalue weighted by atomic mass is 10.1. The summed E-state index contributed by atoms with van der Waals surface area (Å²) in [7, 11) is 0. The summed E-state index contributed by atoms with van der Waals surface area (Å²) in [4.78, 5) is 11.5. The van der Waals surface area contributed by atoms with Gasteiger partial charge in [-0.25, -0.2) is 0 Å². The predicted molar refractivity (Wildman–Crippen MR) is 79.1 cm³/mol. The molecule has 1 aromatic carbocycles. The average Bonchev–Trinajstić information content (AvgIpc) is 2.44. The number of carbonyl (C=O) groups is 1. The SMILES string of the molecule is CCCCCCCCC(=O)OCCc1ccccc1. The summed E-state index contributed by atoms with van der Waals surface area (Å²) in [5, 5.41) is 0. The summed E-state index contributed by atoms with van der Waals surface area (Å²) in [5.74, 6) is -0.0496. The standard InChI is InChI=1S/C17H26O2/c1-2-3-4-5-6-10-13-17(18)19-15-14-16-11-8-7-9-12-16/h7-9,11-12H,2-6,10,13-15H2,1H3. The van der Waals surface area contributed by atoms with Crippen molar-refractivity contribution >= 4 is 5.97 Å². The highest BCUT2D eigenvalue weighted by molar-refractivity contribution is 5.69. The Kier molecular flexibility index (Phi) is 8.78. The number of benzene rings is 1. The Hall–Kier alpha value is -1.31. The van der Waals surface area contributed by atoms with Crippen molar-refractivity contribution in [2.75, 3.05) is 6.61 Å². The molecule has 0 saturated heterocycles. The van der Waals surface area contributed by atoms with E-state index in [1.807, 2.05) is 18.2 Å². The molecule has 0 unspecified atom stereocenters. The zero-order valence-electron chi connectivity index (χ0n) is 12.1. The van der Waals surface area contributed by atoms with E-state index in [4.69, 9.17) is 4.74 Å². The molecule has 0 aromatic heterocycles. The maximum atomic E-state index is 11.5. The minimum Gasteiger partial charge on any atom is -0.465 e. The van der Waals surface area contributed by atoms with Crippen molar-refractivity contribution in [3.05, 3.63) is 35.9 Å². The largest absolute Gasteiger partial charge is 0.465 e. The first-order chi connectivity index (χ1) is 9.33. The quantitative estimate of drug-likeness (QED) is 0.457. The van der Waals surface area contributed by atoms with Crippen molar-refractivity contribution in [2.45, 2.75) is 58.3 Å². The van der Waals surface area contributed by atoms with E-state index in [1.54, 1.807) is 0 Å². The highest BCUT2D eigenvalue weighted by Crippen LogP contribution is 2.07. The molecule has 1 aromatic rings. The fourth-order valence-corrected chi connectivity index (χ4v) is 2.05. The first kappa shape index (κ1) is 15.7. The lowest BCUT2D eigenvalue weighted by Gasteiger charge is -2.05. The third-order valence-electron chi connectivity index (χ3n) is 3.23. The van der Waals surface area contributed by atoms with E-state index >= 15 is 0 Å². The first-order valence-electron chi connectivity index (χ1n) is 7.52. The van der Waals surface area contributed by atoms with Gasteiger partial charge in [-0.1, -0.05) is 69.4 Å². The van der Waals surface area contributed by atoms with E-state index in [0.717, 1.165) is 19.3 Å². The number of carbonyl (C=O) groups excluding carboxylic acids is 1. The highest BCUT2D eigenvalue weighted by atomic mass is 16.5. The molecule has 0 amide bonds. The summed E-state index contributed by atoms with van der Waals surface area (Å²) in [6.07, 6.45) is 8.60. The normalized spacial score (nSPS) is 10.4. The Balaban J connectivity index is 1.96. The van der Waals surface area contributed by atoms with E-state index in [-0.39, 0.29) is 5.97 Å². The molecule has 0 aliphatic heterocycles. The maximum Gasteiger partial charge on any atom is 0.305 e. The number of hydrogen-bond acceptors (Lipinski definition) is 2. The summed E-state index contributed by atoms with van der Waals surface area (Å²) in [6.45, 7) is 2.71. The van der Waals surface area contributed by atoms with Gasteiger partial charge in [0, 0.05) is 12.8 Å². The van der Waals surface area contributed by atoms with Crippen LogP contribution >= 0.6 is 0 Å². The van der Waals surface area contributed by atoms with Crippen molar-refractivity contribution in [3.8, 4) is 0 Å². The van der Waals surface area contributed by atoms with Crippen LogP contribution in [0.1, 0.15) is 57.4 Å². The monoisotopic (exact) mass is 262 g/mol. The van der Waals surface area contributed by atoms with Gasteiger partial charge >= 0.3 is 5.97 Å². The fourth-order valence-electron chi connectivity index (χ4n) is 2.05. The van der Waals surface area contributed by atoms with E-state index in [0.29, 0.717) is 13.0 Å². The predicted octanol–water partition coefficient (Wildman–Crippen LogP) is 4.52. The smallest absolute Gasteiger partial charge is 0.305 e. The Bertz CT molecular complexity index is 332. The molecule has 0 spiro atoms. The zero-order valence-corrected chi connectivity index (χ0v) is 12.1.